The molecule has 5 rings (SSSR count). The minimum Gasteiger partial charge on any atom is -0.457 e. The Hall–Kier alpha value is -3.11. The van der Waals surface area contributed by atoms with E-state index < -0.39 is 5.41 Å². The maximum absolute atomic E-state index is 14.3. The van der Waals surface area contributed by atoms with Crippen LogP contribution in [0, 0.1) is 5.92 Å². The Morgan fingerprint density at radius 3 is 2.11 bits per heavy atom. The number of para-hydroxylation sites is 2. The van der Waals surface area contributed by atoms with Crippen LogP contribution in [0.4, 0.5) is 0 Å². The van der Waals surface area contributed by atoms with E-state index in [1.54, 1.807) is 7.11 Å². The van der Waals surface area contributed by atoms with E-state index in [-0.39, 0.29) is 5.91 Å². The van der Waals surface area contributed by atoms with Crippen molar-refractivity contribution in [1.82, 2.24) is 5.32 Å². The molecule has 1 aliphatic heterocycles. The average Bonchev–Trinajstić information content (AvgIpc) is 2.92. The van der Waals surface area contributed by atoms with Gasteiger partial charge in [0.15, 0.2) is 0 Å². The summed E-state index contributed by atoms with van der Waals surface area (Å²) >= 11 is 0. The number of carbonyl (C=O) groups excluding carboxylic acids is 1. The summed E-state index contributed by atoms with van der Waals surface area (Å²) in [5.74, 6) is 2.14. The van der Waals surface area contributed by atoms with Crippen molar-refractivity contribution in [2.45, 2.75) is 56.5 Å². The summed E-state index contributed by atoms with van der Waals surface area (Å²) in [5, 5.41) is 3.39. The number of ether oxygens (including phenoxy) is 2. The molecule has 1 N–H and O–H groups in total. The Kier molecular flexibility index (Phi) is 7.19. The summed E-state index contributed by atoms with van der Waals surface area (Å²) in [5.41, 5.74) is 2.45. The lowest BCUT2D eigenvalue weighted by Crippen LogP contribution is -2.48. The summed E-state index contributed by atoms with van der Waals surface area (Å²) in [6, 6.07) is 26.6. The van der Waals surface area contributed by atoms with E-state index in [4.69, 9.17) is 9.47 Å². The van der Waals surface area contributed by atoms with Gasteiger partial charge in [0.05, 0.1) is 6.10 Å². The SMILES string of the molecule is COC1CCC(CNC(=O)C2(CCCc3ccccc3)c3ccccc3Oc3ccccc32)CC1. The zero-order chi connectivity index (χ0) is 24.1. The van der Waals surface area contributed by atoms with Crippen molar-refractivity contribution in [3.8, 4) is 11.5 Å². The van der Waals surface area contributed by atoms with Crippen LogP contribution in [0.2, 0.25) is 0 Å². The van der Waals surface area contributed by atoms with Gasteiger partial charge in [-0.25, -0.2) is 0 Å². The van der Waals surface area contributed by atoms with Crippen molar-refractivity contribution in [2.75, 3.05) is 13.7 Å². The topological polar surface area (TPSA) is 47.6 Å². The fourth-order valence-electron chi connectivity index (χ4n) is 5.87. The number of aryl methyl sites for hydroxylation is 1. The Labute approximate surface area is 208 Å². The van der Waals surface area contributed by atoms with E-state index >= 15 is 0 Å². The van der Waals surface area contributed by atoms with Crippen LogP contribution in [0.1, 0.15) is 55.2 Å². The molecule has 1 saturated carbocycles. The molecule has 3 aromatic carbocycles. The van der Waals surface area contributed by atoms with E-state index in [1.165, 1.54) is 5.56 Å². The molecule has 0 atom stereocenters. The molecule has 2 aliphatic rings. The summed E-state index contributed by atoms with van der Waals surface area (Å²) in [7, 11) is 1.80. The third kappa shape index (κ3) is 4.85. The number of hydrogen-bond donors (Lipinski definition) is 1. The Morgan fingerprint density at radius 1 is 0.886 bits per heavy atom. The van der Waals surface area contributed by atoms with E-state index in [0.29, 0.717) is 18.6 Å². The number of amides is 1. The first-order chi connectivity index (χ1) is 17.2. The first kappa shape index (κ1) is 23.6. The van der Waals surface area contributed by atoms with Gasteiger partial charge in [0.2, 0.25) is 5.91 Å². The predicted octanol–water partition coefficient (Wildman–Crippen LogP) is 6.42. The minimum absolute atomic E-state index is 0.0858. The predicted molar refractivity (Wildman–Crippen MR) is 139 cm³/mol. The van der Waals surface area contributed by atoms with Crippen molar-refractivity contribution in [1.29, 1.82) is 0 Å². The molecule has 1 aliphatic carbocycles. The summed E-state index contributed by atoms with van der Waals surface area (Å²) in [6.07, 6.45) is 7.24. The van der Waals surface area contributed by atoms with Gasteiger partial charge in [-0.2, -0.15) is 0 Å². The van der Waals surface area contributed by atoms with E-state index in [9.17, 15) is 4.79 Å². The van der Waals surface area contributed by atoms with Crippen LogP contribution in [0.5, 0.6) is 11.5 Å². The lowest BCUT2D eigenvalue weighted by atomic mass is 9.68. The van der Waals surface area contributed by atoms with Crippen LogP contribution in [-0.4, -0.2) is 25.7 Å². The number of fused-ring (bicyclic) bond motifs is 2. The monoisotopic (exact) mass is 469 g/mol. The fraction of sp³-hybridized carbons (Fsp3) is 0.387. The van der Waals surface area contributed by atoms with E-state index in [1.807, 2.05) is 42.5 Å². The maximum Gasteiger partial charge on any atom is 0.235 e. The molecular weight excluding hydrogens is 434 g/mol. The molecular formula is C31H35NO3. The highest BCUT2D eigenvalue weighted by atomic mass is 16.5. The molecule has 4 nitrogen and oxygen atoms in total. The summed E-state index contributed by atoms with van der Waals surface area (Å²) in [4.78, 5) is 14.3. The Balaban J connectivity index is 1.44. The molecule has 4 heteroatoms. The first-order valence-corrected chi connectivity index (χ1v) is 12.9. The Morgan fingerprint density at radius 2 is 1.49 bits per heavy atom. The highest BCUT2D eigenvalue weighted by Gasteiger charge is 2.47. The van der Waals surface area contributed by atoms with Crippen LogP contribution >= 0.6 is 0 Å². The highest BCUT2D eigenvalue weighted by Crippen LogP contribution is 2.50. The molecule has 0 bridgehead atoms. The van der Waals surface area contributed by atoms with Gasteiger partial charge >= 0.3 is 0 Å². The molecule has 1 fully saturated rings. The molecule has 1 amide bonds. The smallest absolute Gasteiger partial charge is 0.235 e. The fourth-order valence-corrected chi connectivity index (χ4v) is 5.87. The molecule has 0 unspecified atom stereocenters. The van der Waals surface area contributed by atoms with Gasteiger partial charge in [0.1, 0.15) is 16.9 Å². The average molecular weight is 470 g/mol. The van der Waals surface area contributed by atoms with Gasteiger partial charge in [0, 0.05) is 24.8 Å². The van der Waals surface area contributed by atoms with Crippen molar-refractivity contribution in [3.05, 3.63) is 95.6 Å². The van der Waals surface area contributed by atoms with E-state index in [0.717, 1.165) is 67.6 Å². The molecule has 0 saturated heterocycles. The second-order valence-electron chi connectivity index (χ2n) is 9.93. The molecule has 3 aromatic rings. The van der Waals surface area contributed by atoms with Crippen molar-refractivity contribution in [2.24, 2.45) is 5.92 Å². The first-order valence-electron chi connectivity index (χ1n) is 12.9. The molecule has 182 valence electrons. The van der Waals surface area contributed by atoms with Gasteiger partial charge in [-0.15, -0.1) is 0 Å². The third-order valence-corrected chi connectivity index (χ3v) is 7.84. The van der Waals surface area contributed by atoms with Crippen LogP contribution < -0.4 is 10.1 Å². The largest absolute Gasteiger partial charge is 0.457 e. The quantitative estimate of drug-likeness (QED) is 0.414. The van der Waals surface area contributed by atoms with Gasteiger partial charge < -0.3 is 14.8 Å². The van der Waals surface area contributed by atoms with Crippen molar-refractivity contribution < 1.29 is 14.3 Å². The zero-order valence-corrected chi connectivity index (χ0v) is 20.5. The summed E-state index contributed by atoms with van der Waals surface area (Å²) in [6.45, 7) is 0.709. The normalized spacial score (nSPS) is 20.3. The molecule has 35 heavy (non-hydrogen) atoms. The number of carbonyl (C=O) groups is 1. The minimum atomic E-state index is -0.774. The van der Waals surface area contributed by atoms with Gasteiger partial charge in [-0.1, -0.05) is 66.7 Å². The lowest BCUT2D eigenvalue weighted by molar-refractivity contribution is -0.126. The van der Waals surface area contributed by atoms with Gasteiger partial charge in [0.25, 0.3) is 0 Å². The second kappa shape index (κ2) is 10.7. The van der Waals surface area contributed by atoms with E-state index in [2.05, 4.69) is 41.7 Å². The van der Waals surface area contributed by atoms with Crippen molar-refractivity contribution in [3.63, 3.8) is 0 Å². The lowest BCUT2D eigenvalue weighted by Gasteiger charge is -2.39. The number of hydrogen-bond acceptors (Lipinski definition) is 3. The Bertz CT molecular complexity index is 1090. The van der Waals surface area contributed by atoms with Crippen LogP contribution in [-0.2, 0) is 21.4 Å². The molecule has 0 spiro atoms. The molecule has 1 heterocycles. The number of benzene rings is 3. The molecule has 0 aromatic heterocycles. The van der Waals surface area contributed by atoms with Crippen LogP contribution in [0.25, 0.3) is 0 Å². The van der Waals surface area contributed by atoms with Crippen LogP contribution in [0.3, 0.4) is 0 Å². The second-order valence-corrected chi connectivity index (χ2v) is 9.93. The number of methoxy groups -OCH3 is 1. The maximum atomic E-state index is 14.3. The number of rotatable bonds is 8. The van der Waals surface area contributed by atoms with Crippen molar-refractivity contribution >= 4 is 5.91 Å². The van der Waals surface area contributed by atoms with Crippen LogP contribution in [0.15, 0.2) is 78.9 Å². The standard InChI is InChI=1S/C31H35NO3/c1-34-25-19-17-24(18-20-25)22-32-30(33)31(21-9-12-23-10-3-2-4-11-23)26-13-5-7-15-28(26)35-29-16-8-6-14-27(29)31/h2-8,10-11,13-16,24-25H,9,12,17-22H2,1H3,(H,32,33). The summed E-state index contributed by atoms with van der Waals surface area (Å²) < 4.78 is 11.8. The third-order valence-electron chi connectivity index (χ3n) is 7.84. The molecule has 0 radical (unpaired) electrons. The number of nitrogens with one attached hydrogen (secondary N) is 1. The van der Waals surface area contributed by atoms with Gasteiger partial charge in [-0.05, 0) is 68.6 Å². The van der Waals surface area contributed by atoms with Gasteiger partial charge in [-0.3, -0.25) is 4.79 Å². The highest BCUT2D eigenvalue weighted by molar-refractivity contribution is 5.94. The zero-order valence-electron chi connectivity index (χ0n) is 20.5.